The number of aliphatic imine (C=N–C) groups is 1. The summed E-state index contributed by atoms with van der Waals surface area (Å²) in [5.41, 5.74) is 0. The molecule has 2 unspecified atom stereocenters. The van der Waals surface area contributed by atoms with E-state index in [2.05, 4.69) is 29.5 Å². The number of rotatable bonds is 3. The average Bonchev–Trinajstić information content (AvgIpc) is 2.15. The van der Waals surface area contributed by atoms with Gasteiger partial charge in [0.2, 0.25) is 0 Å². The second kappa shape index (κ2) is 4.96. The zero-order valence-electron chi connectivity index (χ0n) is 7.96. The van der Waals surface area contributed by atoms with Crippen molar-refractivity contribution in [2.75, 3.05) is 13.6 Å². The van der Waals surface area contributed by atoms with E-state index in [1.54, 1.807) is 0 Å². The van der Waals surface area contributed by atoms with Crippen molar-refractivity contribution in [1.82, 2.24) is 5.32 Å². The van der Waals surface area contributed by atoms with Gasteiger partial charge in [-0.1, -0.05) is 13.0 Å². The number of allylic oxidation sites excluding steroid dienone is 1. The topological polar surface area (TPSA) is 24.4 Å². The van der Waals surface area contributed by atoms with Gasteiger partial charge in [-0.15, -0.1) is 0 Å². The van der Waals surface area contributed by atoms with E-state index in [0.29, 0.717) is 5.92 Å². The summed E-state index contributed by atoms with van der Waals surface area (Å²) in [6, 6.07) is 0. The predicted octanol–water partition coefficient (Wildman–Crippen LogP) is 1.84. The van der Waals surface area contributed by atoms with Gasteiger partial charge >= 0.3 is 0 Å². The quantitative estimate of drug-likeness (QED) is 0.636. The molecule has 1 rings (SSSR count). The molecule has 0 aromatic heterocycles. The van der Waals surface area contributed by atoms with Crippen LogP contribution in [0.4, 0.5) is 0 Å². The Hall–Kier alpha value is -0.790. The molecular weight excluding hydrogens is 148 g/mol. The highest BCUT2D eigenvalue weighted by atomic mass is 14.8. The van der Waals surface area contributed by atoms with Crippen LogP contribution in [0.1, 0.15) is 19.8 Å². The molecule has 2 atom stereocenters. The summed E-state index contributed by atoms with van der Waals surface area (Å²) < 4.78 is 0. The largest absolute Gasteiger partial charge is 0.391 e. The van der Waals surface area contributed by atoms with Gasteiger partial charge < -0.3 is 10.3 Å². The minimum absolute atomic E-state index is 0.646. The molecule has 0 amide bonds. The van der Waals surface area contributed by atoms with Crippen LogP contribution in [-0.2, 0) is 0 Å². The predicted molar refractivity (Wildman–Crippen MR) is 53.4 cm³/mol. The summed E-state index contributed by atoms with van der Waals surface area (Å²) in [6.07, 6.45) is 8.73. The highest BCUT2D eigenvalue weighted by molar-refractivity contribution is 5.61. The Morgan fingerprint density at radius 2 is 2.58 bits per heavy atom. The van der Waals surface area contributed by atoms with Crippen molar-refractivity contribution in [2.24, 2.45) is 16.8 Å². The molecule has 12 heavy (non-hydrogen) atoms. The molecule has 0 aliphatic carbocycles. The lowest BCUT2D eigenvalue weighted by molar-refractivity contribution is 0.395. The van der Waals surface area contributed by atoms with Crippen molar-refractivity contribution in [3.8, 4) is 0 Å². The zero-order valence-corrected chi connectivity index (χ0v) is 7.96. The van der Waals surface area contributed by atoms with Crippen LogP contribution < -0.4 is 5.32 Å². The van der Waals surface area contributed by atoms with Crippen molar-refractivity contribution in [3.05, 3.63) is 12.3 Å². The van der Waals surface area contributed by atoms with Crippen molar-refractivity contribution in [1.29, 1.82) is 0 Å². The Kier molecular flexibility index (Phi) is 3.85. The zero-order chi connectivity index (χ0) is 8.81. The summed E-state index contributed by atoms with van der Waals surface area (Å²) >= 11 is 0. The Bertz CT molecular complexity index is 173. The van der Waals surface area contributed by atoms with Gasteiger partial charge in [-0.2, -0.15) is 0 Å². The van der Waals surface area contributed by atoms with E-state index in [1.165, 1.54) is 12.8 Å². The van der Waals surface area contributed by atoms with Crippen molar-refractivity contribution >= 4 is 6.21 Å². The van der Waals surface area contributed by atoms with Crippen LogP contribution in [0.5, 0.6) is 0 Å². The van der Waals surface area contributed by atoms with Gasteiger partial charge in [0.1, 0.15) is 0 Å². The molecular formula is C10H18N2. The third-order valence-corrected chi connectivity index (χ3v) is 2.47. The summed E-state index contributed by atoms with van der Waals surface area (Å²) in [6.45, 7) is 3.33. The molecule has 0 saturated carbocycles. The molecule has 0 radical (unpaired) electrons. The number of hydrogen-bond donors (Lipinski definition) is 1. The van der Waals surface area contributed by atoms with E-state index >= 15 is 0 Å². The van der Waals surface area contributed by atoms with Crippen molar-refractivity contribution in [3.63, 3.8) is 0 Å². The first-order valence-corrected chi connectivity index (χ1v) is 4.69. The minimum atomic E-state index is 0.646. The first-order valence-electron chi connectivity index (χ1n) is 4.69. The summed E-state index contributed by atoms with van der Waals surface area (Å²) in [5, 5.41) is 3.27. The van der Waals surface area contributed by atoms with Gasteiger partial charge in [0.25, 0.3) is 0 Å². The number of nitrogens with zero attached hydrogens (tertiary/aromatic N) is 1. The molecule has 2 nitrogen and oxygen atoms in total. The molecule has 0 aromatic carbocycles. The van der Waals surface area contributed by atoms with E-state index in [4.69, 9.17) is 0 Å². The van der Waals surface area contributed by atoms with E-state index in [1.807, 2.05) is 13.2 Å². The molecule has 1 aliphatic rings. The average molecular weight is 166 g/mol. The van der Waals surface area contributed by atoms with Gasteiger partial charge in [0, 0.05) is 19.8 Å². The van der Waals surface area contributed by atoms with Gasteiger partial charge in [-0.25, -0.2) is 0 Å². The number of nitrogens with one attached hydrogen (secondary N) is 1. The summed E-state index contributed by atoms with van der Waals surface area (Å²) in [7, 11) is 1.86. The lowest BCUT2D eigenvalue weighted by Gasteiger charge is -2.24. The molecule has 1 aliphatic heterocycles. The third-order valence-electron chi connectivity index (χ3n) is 2.47. The molecule has 0 aromatic rings. The standard InChI is InChI=1S/C10H18N2/c1-3-9(7-11-2)10-5-4-6-12-8-10/h4,6-7,9-10,12H,3,5,8H2,1-2H3. The molecule has 1 N–H and O–H groups in total. The second-order valence-electron chi connectivity index (χ2n) is 3.29. The Morgan fingerprint density at radius 1 is 1.75 bits per heavy atom. The number of hydrogen-bond acceptors (Lipinski definition) is 2. The van der Waals surface area contributed by atoms with E-state index < -0.39 is 0 Å². The summed E-state index contributed by atoms with van der Waals surface area (Å²) in [4.78, 5) is 4.11. The van der Waals surface area contributed by atoms with E-state index in [-0.39, 0.29) is 0 Å². The fourth-order valence-corrected chi connectivity index (χ4v) is 1.71. The van der Waals surface area contributed by atoms with Gasteiger partial charge in [-0.3, -0.25) is 0 Å². The van der Waals surface area contributed by atoms with Crippen LogP contribution in [0.2, 0.25) is 0 Å². The summed E-state index contributed by atoms with van der Waals surface area (Å²) in [5.74, 6) is 1.39. The Labute approximate surface area is 74.8 Å². The van der Waals surface area contributed by atoms with Crippen LogP contribution in [0.15, 0.2) is 17.3 Å². The first-order chi connectivity index (χ1) is 5.88. The molecule has 1 heterocycles. The van der Waals surface area contributed by atoms with E-state index in [9.17, 15) is 0 Å². The van der Waals surface area contributed by atoms with Crippen molar-refractivity contribution in [2.45, 2.75) is 19.8 Å². The van der Waals surface area contributed by atoms with Crippen molar-refractivity contribution < 1.29 is 0 Å². The normalized spacial score (nSPS) is 25.7. The fourth-order valence-electron chi connectivity index (χ4n) is 1.71. The monoisotopic (exact) mass is 166 g/mol. The maximum Gasteiger partial charge on any atom is 0.0273 e. The Morgan fingerprint density at radius 3 is 3.08 bits per heavy atom. The van der Waals surface area contributed by atoms with Gasteiger partial charge in [0.05, 0.1) is 0 Å². The second-order valence-corrected chi connectivity index (χ2v) is 3.29. The highest BCUT2D eigenvalue weighted by Crippen LogP contribution is 2.19. The maximum absolute atomic E-state index is 4.11. The highest BCUT2D eigenvalue weighted by Gasteiger charge is 2.17. The van der Waals surface area contributed by atoms with Gasteiger partial charge in [0.15, 0.2) is 0 Å². The molecule has 0 bridgehead atoms. The van der Waals surface area contributed by atoms with Crippen LogP contribution in [-0.4, -0.2) is 19.8 Å². The SMILES string of the molecule is CCC(C=NC)C1CC=CNC1. The molecule has 0 saturated heterocycles. The molecule has 0 fully saturated rings. The van der Waals surface area contributed by atoms with Crippen LogP contribution in [0.3, 0.4) is 0 Å². The van der Waals surface area contributed by atoms with Gasteiger partial charge in [-0.05, 0) is 30.9 Å². The third kappa shape index (κ3) is 2.36. The lowest BCUT2D eigenvalue weighted by atomic mass is 9.87. The smallest absolute Gasteiger partial charge is 0.0273 e. The molecule has 68 valence electrons. The van der Waals surface area contributed by atoms with Crippen LogP contribution in [0, 0.1) is 11.8 Å². The minimum Gasteiger partial charge on any atom is -0.391 e. The van der Waals surface area contributed by atoms with Crippen LogP contribution >= 0.6 is 0 Å². The van der Waals surface area contributed by atoms with Crippen LogP contribution in [0.25, 0.3) is 0 Å². The van der Waals surface area contributed by atoms with E-state index in [0.717, 1.165) is 12.5 Å². The molecule has 2 heteroatoms. The lowest BCUT2D eigenvalue weighted by Crippen LogP contribution is -2.28. The fraction of sp³-hybridized carbons (Fsp3) is 0.700. The first kappa shape index (κ1) is 9.30. The molecule has 0 spiro atoms. The Balaban J connectivity index is 2.47. The maximum atomic E-state index is 4.11.